The molecule has 8 heteroatoms. The van der Waals surface area contributed by atoms with Crippen molar-refractivity contribution in [1.29, 1.82) is 0 Å². The summed E-state index contributed by atoms with van der Waals surface area (Å²) in [6.45, 7) is 5.18. The van der Waals surface area contributed by atoms with Gasteiger partial charge in [-0.2, -0.15) is 4.31 Å². The van der Waals surface area contributed by atoms with Crippen molar-refractivity contribution in [3.63, 3.8) is 0 Å². The van der Waals surface area contributed by atoms with E-state index in [0.717, 1.165) is 35.3 Å². The summed E-state index contributed by atoms with van der Waals surface area (Å²) >= 11 is 0. The summed E-state index contributed by atoms with van der Waals surface area (Å²) in [5.41, 5.74) is 3.92. The lowest BCUT2D eigenvalue weighted by atomic mass is 10.2. The second-order valence-corrected chi connectivity index (χ2v) is 11.2. The van der Waals surface area contributed by atoms with E-state index < -0.39 is 10.0 Å². The van der Waals surface area contributed by atoms with Crippen molar-refractivity contribution in [2.45, 2.75) is 31.6 Å². The summed E-state index contributed by atoms with van der Waals surface area (Å²) < 4.78 is 29.0. The van der Waals surface area contributed by atoms with Crippen LogP contribution in [0.1, 0.15) is 24.0 Å². The highest BCUT2D eigenvalue weighted by molar-refractivity contribution is 7.90. The highest BCUT2D eigenvalue weighted by Crippen LogP contribution is 2.34. The third-order valence-corrected chi connectivity index (χ3v) is 9.29. The van der Waals surface area contributed by atoms with Gasteiger partial charge in [-0.1, -0.05) is 56.1 Å². The molecule has 0 amide bonds. The largest absolute Gasteiger partial charge is 0.345 e. The molecule has 4 rings (SSSR count). The zero-order chi connectivity index (χ0) is 20.4. The molecule has 0 bridgehead atoms. The summed E-state index contributed by atoms with van der Waals surface area (Å²) in [7, 11) is -0.811. The van der Waals surface area contributed by atoms with Crippen molar-refractivity contribution in [3.8, 4) is 0 Å². The predicted molar refractivity (Wildman–Crippen MR) is 121 cm³/mol. The number of benzene rings is 2. The van der Waals surface area contributed by atoms with E-state index in [1.807, 2.05) is 62.4 Å². The van der Waals surface area contributed by atoms with Crippen LogP contribution in [0.3, 0.4) is 0 Å². The number of hydrogen-bond donors (Lipinski definition) is 1. The minimum atomic E-state index is -3.62. The Labute approximate surface area is 178 Å². The van der Waals surface area contributed by atoms with Crippen LogP contribution in [0.5, 0.6) is 0 Å². The lowest BCUT2D eigenvalue weighted by Crippen LogP contribution is -2.31. The van der Waals surface area contributed by atoms with Crippen molar-refractivity contribution in [3.05, 3.63) is 64.3 Å². The van der Waals surface area contributed by atoms with Crippen molar-refractivity contribution < 1.29 is 8.42 Å². The molecule has 0 aliphatic carbocycles. The zero-order valence-electron chi connectivity index (χ0n) is 16.4. The van der Waals surface area contributed by atoms with Crippen molar-refractivity contribution in [2.75, 3.05) is 18.4 Å². The molecule has 29 heavy (non-hydrogen) atoms. The summed E-state index contributed by atoms with van der Waals surface area (Å²) in [4.78, 5) is 4.97. The van der Waals surface area contributed by atoms with Crippen LogP contribution in [0, 0.1) is 13.8 Å². The molecule has 5 nitrogen and oxygen atoms in total. The number of nitrogens with zero attached hydrogens (tertiary/aromatic N) is 2. The Morgan fingerprint density at radius 2 is 1.48 bits per heavy atom. The number of anilines is 2. The second kappa shape index (κ2) is 8.39. The molecule has 152 valence electrons. The summed E-state index contributed by atoms with van der Waals surface area (Å²) in [5.74, 6) is 0. The molecule has 3 aromatic rings. The highest BCUT2D eigenvalue weighted by Gasteiger charge is 2.32. The fourth-order valence-corrected chi connectivity index (χ4v) is 8.04. The maximum absolute atomic E-state index is 13.5. The van der Waals surface area contributed by atoms with Crippen LogP contribution in [0.2, 0.25) is 0 Å². The first-order valence-corrected chi connectivity index (χ1v) is 13.1. The van der Waals surface area contributed by atoms with E-state index >= 15 is 0 Å². The Hall–Kier alpha value is -2.00. The molecule has 1 saturated heterocycles. The first-order chi connectivity index (χ1) is 13.9. The topological polar surface area (TPSA) is 61.8 Å². The molecule has 0 unspecified atom stereocenters. The Balaban J connectivity index is 1.82. The Bertz CT molecular complexity index is 1160. The Kier molecular flexibility index (Phi) is 5.87. The monoisotopic (exact) mass is 445 g/mol. The first-order valence-electron chi connectivity index (χ1n) is 9.52. The third-order valence-electron chi connectivity index (χ3n) is 4.84. The van der Waals surface area contributed by atoms with Gasteiger partial charge in [-0.05, 0) is 51.0 Å². The molecule has 1 fully saturated rings. The smallest absolute Gasteiger partial charge is 0.249 e. The van der Waals surface area contributed by atoms with Gasteiger partial charge >= 0.3 is 0 Å². The number of nitrogens with one attached hydrogen (secondary N) is 1. The van der Waals surface area contributed by atoms with E-state index in [-0.39, 0.29) is 4.90 Å². The zero-order valence-corrected chi connectivity index (χ0v) is 18.8. The number of aryl methyl sites for hydroxylation is 2. The van der Waals surface area contributed by atoms with Crippen LogP contribution >= 0.6 is 20.7 Å². The molecule has 0 spiro atoms. The Morgan fingerprint density at radius 3 is 2.10 bits per heavy atom. The minimum Gasteiger partial charge on any atom is -0.345 e. The van der Waals surface area contributed by atoms with Gasteiger partial charge in [0.25, 0.3) is 0 Å². The van der Waals surface area contributed by atoms with Crippen LogP contribution in [0.25, 0.3) is 0 Å². The summed E-state index contributed by atoms with van der Waals surface area (Å²) in [6.07, 6.45) is 1.80. The van der Waals surface area contributed by atoms with E-state index in [4.69, 9.17) is 0 Å². The predicted octanol–water partition coefficient (Wildman–Crippen LogP) is 5.19. The van der Waals surface area contributed by atoms with Gasteiger partial charge in [-0.3, -0.25) is 0 Å². The molecule has 2 aromatic carbocycles. The van der Waals surface area contributed by atoms with E-state index in [1.165, 1.54) is 20.7 Å². The standard InChI is InChI=1S/C21H23N3O2S3/c1-15-5-9-17(10-6-15)22-20-19(29(25,26)24-13-3-4-14-24)21(28-27-20)23-18-11-7-16(2)8-12-18/h5-12,22H,3-4,13-14H2,1-2H3. The average Bonchev–Trinajstić information content (AvgIpc) is 3.37. The van der Waals surface area contributed by atoms with Crippen LogP contribution < -0.4 is 9.99 Å². The van der Waals surface area contributed by atoms with E-state index in [9.17, 15) is 8.42 Å². The molecule has 1 aliphatic rings. The highest BCUT2D eigenvalue weighted by atomic mass is 32.9. The maximum Gasteiger partial charge on any atom is 0.249 e. The number of hydrogen-bond acceptors (Lipinski definition) is 6. The molecule has 1 aromatic heterocycles. The summed E-state index contributed by atoms with van der Waals surface area (Å²) in [6, 6.07) is 15.7. The second-order valence-electron chi connectivity index (χ2n) is 7.18. The maximum atomic E-state index is 13.5. The van der Waals surface area contributed by atoms with Crippen LogP contribution in [0.4, 0.5) is 16.4 Å². The minimum absolute atomic E-state index is 0.288. The molecule has 1 aliphatic heterocycles. The lowest BCUT2D eigenvalue weighted by Gasteiger charge is -2.16. The molecular weight excluding hydrogens is 422 g/mol. The normalized spacial score (nSPS) is 15.7. The molecule has 0 saturated carbocycles. The molecule has 0 atom stereocenters. The summed E-state index contributed by atoms with van der Waals surface area (Å²) in [5, 5.41) is 3.93. The fourth-order valence-electron chi connectivity index (χ4n) is 3.19. The first kappa shape index (κ1) is 20.3. The molecular formula is C21H23N3O2S3. The lowest BCUT2D eigenvalue weighted by molar-refractivity contribution is 0.477. The van der Waals surface area contributed by atoms with Gasteiger partial charge in [-0.25, -0.2) is 13.4 Å². The molecule has 1 N–H and O–H groups in total. The van der Waals surface area contributed by atoms with Gasteiger partial charge in [-0.15, -0.1) is 0 Å². The molecule has 2 heterocycles. The van der Waals surface area contributed by atoms with Gasteiger partial charge in [0.05, 0.1) is 5.69 Å². The Morgan fingerprint density at radius 1 is 0.897 bits per heavy atom. The number of rotatable bonds is 5. The van der Waals surface area contributed by atoms with Crippen molar-refractivity contribution in [2.24, 2.45) is 4.99 Å². The van der Waals surface area contributed by atoms with Crippen LogP contribution in [-0.4, -0.2) is 25.8 Å². The van der Waals surface area contributed by atoms with Gasteiger partial charge in [0.2, 0.25) is 10.0 Å². The fraction of sp³-hybridized carbons (Fsp3) is 0.286. The van der Waals surface area contributed by atoms with E-state index in [1.54, 1.807) is 4.31 Å². The van der Waals surface area contributed by atoms with Crippen molar-refractivity contribution in [1.82, 2.24) is 4.31 Å². The van der Waals surface area contributed by atoms with Crippen LogP contribution in [0.15, 0.2) is 58.4 Å². The van der Waals surface area contributed by atoms with E-state index in [2.05, 4.69) is 10.3 Å². The van der Waals surface area contributed by atoms with Gasteiger partial charge < -0.3 is 5.32 Å². The quantitative estimate of drug-likeness (QED) is 0.550. The molecule has 0 radical (unpaired) electrons. The average molecular weight is 446 g/mol. The van der Waals surface area contributed by atoms with Gasteiger partial charge in [0, 0.05) is 18.8 Å². The van der Waals surface area contributed by atoms with E-state index in [0.29, 0.717) is 22.8 Å². The third kappa shape index (κ3) is 4.45. The SMILES string of the molecule is Cc1ccc(N=c2ssc(Nc3ccc(C)cc3)c2S(=O)(=O)N2CCCC2)cc1. The van der Waals surface area contributed by atoms with Crippen LogP contribution in [-0.2, 0) is 10.0 Å². The van der Waals surface area contributed by atoms with Gasteiger partial charge in [0.1, 0.15) is 9.67 Å². The van der Waals surface area contributed by atoms with Gasteiger partial charge in [0.15, 0.2) is 4.90 Å². The number of sulfonamides is 1. The van der Waals surface area contributed by atoms with Crippen molar-refractivity contribution >= 4 is 47.1 Å².